The highest BCUT2D eigenvalue weighted by Gasteiger charge is 2.27. The molecule has 12 heteroatoms. The van der Waals surface area contributed by atoms with Gasteiger partial charge < -0.3 is 23.9 Å². The fraction of sp³-hybridized carbons (Fsp3) is 0.355. The molecule has 1 N–H and O–H groups in total. The second-order valence-electron chi connectivity index (χ2n) is 10.7. The van der Waals surface area contributed by atoms with E-state index in [9.17, 15) is 18.7 Å². The van der Waals surface area contributed by atoms with Crippen LogP contribution < -0.4 is 9.47 Å². The average Bonchev–Trinajstić information content (AvgIpc) is 3.31. The molecule has 4 heterocycles. The van der Waals surface area contributed by atoms with Crippen LogP contribution in [0.4, 0.5) is 8.78 Å². The van der Waals surface area contributed by atoms with Gasteiger partial charge in [-0.3, -0.25) is 4.90 Å². The van der Waals surface area contributed by atoms with Crippen LogP contribution in [0.15, 0.2) is 42.6 Å². The number of nitriles is 1. The first-order chi connectivity index (χ1) is 20.8. The van der Waals surface area contributed by atoms with Crippen LogP contribution >= 0.6 is 0 Å². The molecule has 2 aliphatic rings. The lowest BCUT2D eigenvalue weighted by molar-refractivity contribution is -0.0592. The first-order valence-corrected chi connectivity index (χ1v) is 14.0. The third-order valence-corrected chi connectivity index (χ3v) is 7.88. The summed E-state index contributed by atoms with van der Waals surface area (Å²) in [6.07, 6.45) is 3.22. The number of carbonyl (C=O) groups is 1. The maximum Gasteiger partial charge on any atom is 0.335 e. The normalized spacial score (nSPS) is 17.4. The van der Waals surface area contributed by atoms with Crippen molar-refractivity contribution >= 4 is 17.0 Å². The highest BCUT2D eigenvalue weighted by Crippen LogP contribution is 2.35. The molecule has 0 saturated carbocycles. The fourth-order valence-corrected chi connectivity index (χ4v) is 5.36. The van der Waals surface area contributed by atoms with Gasteiger partial charge in [0.2, 0.25) is 5.88 Å². The number of hydrogen-bond donors (Lipinski definition) is 1. The molecular weight excluding hydrogens is 560 g/mol. The van der Waals surface area contributed by atoms with Crippen LogP contribution in [-0.4, -0.2) is 62.4 Å². The van der Waals surface area contributed by atoms with E-state index in [0.717, 1.165) is 42.1 Å². The van der Waals surface area contributed by atoms with Crippen molar-refractivity contribution in [2.24, 2.45) is 0 Å². The van der Waals surface area contributed by atoms with Gasteiger partial charge >= 0.3 is 5.97 Å². The Morgan fingerprint density at radius 1 is 1.16 bits per heavy atom. The number of nitrogens with zero attached hydrogens (tertiary/aromatic N) is 5. The van der Waals surface area contributed by atoms with Gasteiger partial charge in [-0.1, -0.05) is 0 Å². The fourth-order valence-electron chi connectivity index (χ4n) is 5.36. The molecule has 0 unspecified atom stereocenters. The zero-order valence-electron chi connectivity index (χ0n) is 23.4. The molecule has 222 valence electrons. The zero-order valence-corrected chi connectivity index (χ0v) is 23.4. The minimum atomic E-state index is -0.982. The predicted octanol–water partition coefficient (Wildman–Crippen LogP) is 5.21. The number of aromatic nitrogens is 3. The van der Waals surface area contributed by atoms with Gasteiger partial charge in [-0.15, -0.1) is 0 Å². The van der Waals surface area contributed by atoms with E-state index in [0.29, 0.717) is 44.6 Å². The maximum absolute atomic E-state index is 14.6. The summed E-state index contributed by atoms with van der Waals surface area (Å²) in [5.41, 5.74) is 2.17. The van der Waals surface area contributed by atoms with E-state index >= 15 is 0 Å². The van der Waals surface area contributed by atoms with Gasteiger partial charge in [0.05, 0.1) is 59.2 Å². The average molecular weight is 590 g/mol. The van der Waals surface area contributed by atoms with Crippen LogP contribution in [0.25, 0.3) is 11.0 Å². The van der Waals surface area contributed by atoms with Crippen molar-refractivity contribution in [3.63, 3.8) is 0 Å². The summed E-state index contributed by atoms with van der Waals surface area (Å²) in [6, 6.07) is 10.5. The number of rotatable bonds is 9. The molecule has 0 amide bonds. The lowest BCUT2D eigenvalue weighted by Crippen LogP contribution is -2.39. The molecule has 0 bridgehead atoms. The van der Waals surface area contributed by atoms with Crippen molar-refractivity contribution < 1.29 is 32.9 Å². The predicted molar refractivity (Wildman–Crippen MR) is 150 cm³/mol. The van der Waals surface area contributed by atoms with E-state index in [4.69, 9.17) is 24.5 Å². The van der Waals surface area contributed by atoms with E-state index in [1.165, 1.54) is 12.1 Å². The third-order valence-electron chi connectivity index (χ3n) is 7.88. The van der Waals surface area contributed by atoms with E-state index in [-0.39, 0.29) is 40.7 Å². The summed E-state index contributed by atoms with van der Waals surface area (Å²) in [4.78, 5) is 22.8. The van der Waals surface area contributed by atoms with Gasteiger partial charge in [-0.05, 0) is 62.6 Å². The number of ether oxygens (including phenoxy) is 3. The Labute approximate surface area is 246 Å². The summed E-state index contributed by atoms with van der Waals surface area (Å²) in [7, 11) is 0. The number of fused-ring (bicyclic) bond motifs is 1. The number of imidazole rings is 1. The van der Waals surface area contributed by atoms with E-state index < -0.39 is 17.6 Å². The smallest absolute Gasteiger partial charge is 0.335 e. The summed E-state index contributed by atoms with van der Waals surface area (Å²) in [5.74, 6) is -1.86. The molecule has 2 aromatic heterocycles. The standard InChI is InChI=1S/C31H29F2N5O5/c1-18-29(43-27-5-2-19(14-34)12-23(27)32)24(33)15-35-30(18)42-21-6-9-37(10-7-21)17-28-36-25-4-3-20(31(39)40)13-26(25)38(28)16-22-8-11-41-22/h2-5,12-13,15,21-22H,6-11,16-17H2,1H3,(H,39,40)/t22-/m0/s1. The van der Waals surface area contributed by atoms with Gasteiger partial charge in [0.15, 0.2) is 23.1 Å². The molecule has 2 fully saturated rings. The Kier molecular flexibility index (Phi) is 7.92. The van der Waals surface area contributed by atoms with E-state index in [1.807, 2.05) is 6.07 Å². The van der Waals surface area contributed by atoms with Crippen LogP contribution in [0.3, 0.4) is 0 Å². The number of carboxylic acid groups (broad SMARTS) is 1. The summed E-state index contributed by atoms with van der Waals surface area (Å²) < 4.78 is 48.4. The molecule has 4 aromatic rings. The molecule has 43 heavy (non-hydrogen) atoms. The first-order valence-electron chi connectivity index (χ1n) is 14.0. The van der Waals surface area contributed by atoms with Crippen molar-refractivity contribution in [2.45, 2.75) is 51.5 Å². The second-order valence-corrected chi connectivity index (χ2v) is 10.7. The highest BCUT2D eigenvalue weighted by atomic mass is 19.1. The van der Waals surface area contributed by atoms with Crippen molar-refractivity contribution in [3.8, 4) is 23.4 Å². The molecule has 2 aromatic carbocycles. The minimum absolute atomic E-state index is 0.0810. The highest BCUT2D eigenvalue weighted by molar-refractivity contribution is 5.92. The van der Waals surface area contributed by atoms with E-state index in [1.54, 1.807) is 25.1 Å². The number of aromatic carboxylic acids is 1. The van der Waals surface area contributed by atoms with Gasteiger partial charge in [0, 0.05) is 19.7 Å². The van der Waals surface area contributed by atoms with Crippen LogP contribution in [-0.2, 0) is 17.8 Å². The number of likely N-dealkylation sites (tertiary alicyclic amines) is 1. The van der Waals surface area contributed by atoms with Crippen molar-refractivity contribution in [1.82, 2.24) is 19.4 Å². The zero-order chi connectivity index (χ0) is 30.1. The summed E-state index contributed by atoms with van der Waals surface area (Å²) >= 11 is 0. The lowest BCUT2D eigenvalue weighted by Gasteiger charge is -2.32. The van der Waals surface area contributed by atoms with Gasteiger partial charge in [-0.2, -0.15) is 5.26 Å². The van der Waals surface area contributed by atoms with Crippen molar-refractivity contribution in [1.29, 1.82) is 5.26 Å². The lowest BCUT2D eigenvalue weighted by atomic mass is 10.1. The van der Waals surface area contributed by atoms with Gasteiger partial charge in [0.1, 0.15) is 11.9 Å². The quantitative estimate of drug-likeness (QED) is 0.280. The van der Waals surface area contributed by atoms with Crippen molar-refractivity contribution in [3.05, 3.63) is 76.7 Å². The molecule has 0 radical (unpaired) electrons. The largest absolute Gasteiger partial charge is 0.478 e. The van der Waals surface area contributed by atoms with Crippen LogP contribution in [0, 0.1) is 29.9 Å². The number of pyridine rings is 1. The van der Waals surface area contributed by atoms with Crippen LogP contribution in [0.2, 0.25) is 0 Å². The third kappa shape index (κ3) is 6.00. The first kappa shape index (κ1) is 28.5. The molecule has 6 rings (SSSR count). The molecule has 10 nitrogen and oxygen atoms in total. The number of hydrogen-bond acceptors (Lipinski definition) is 8. The SMILES string of the molecule is Cc1c(OC2CCN(Cc3nc4ccc(C(=O)O)cc4n3C[C@@H]3CCO3)CC2)ncc(F)c1Oc1ccc(C#N)cc1F. The van der Waals surface area contributed by atoms with Gasteiger partial charge in [-0.25, -0.2) is 23.5 Å². The Morgan fingerprint density at radius 3 is 2.63 bits per heavy atom. The van der Waals surface area contributed by atoms with Crippen molar-refractivity contribution in [2.75, 3.05) is 19.7 Å². The van der Waals surface area contributed by atoms with E-state index in [2.05, 4.69) is 14.5 Å². The summed E-state index contributed by atoms with van der Waals surface area (Å²) in [5, 5.41) is 18.4. The summed E-state index contributed by atoms with van der Waals surface area (Å²) in [6.45, 7) is 4.95. The molecule has 1 atom stereocenters. The van der Waals surface area contributed by atoms with Crippen LogP contribution in [0.1, 0.15) is 46.6 Å². The Morgan fingerprint density at radius 2 is 1.95 bits per heavy atom. The number of piperidine rings is 1. The maximum atomic E-state index is 14.6. The Bertz CT molecular complexity index is 1720. The Hall–Kier alpha value is -4.60. The van der Waals surface area contributed by atoms with Crippen LogP contribution in [0.5, 0.6) is 17.4 Å². The van der Waals surface area contributed by atoms with Gasteiger partial charge in [0.25, 0.3) is 0 Å². The Balaban J connectivity index is 1.13. The monoisotopic (exact) mass is 589 g/mol. The minimum Gasteiger partial charge on any atom is -0.478 e. The molecular formula is C31H29F2N5O5. The topological polar surface area (TPSA) is 123 Å². The molecule has 2 aliphatic heterocycles. The molecule has 0 spiro atoms. The number of halogens is 2. The number of benzene rings is 2. The molecule has 0 aliphatic carbocycles. The number of carboxylic acids is 1. The second kappa shape index (κ2) is 11.9. The molecule has 2 saturated heterocycles.